The Hall–Kier alpha value is -1.91. The van der Waals surface area contributed by atoms with Crippen LogP contribution in [-0.4, -0.2) is 15.4 Å². The Morgan fingerprint density at radius 1 is 1.18 bits per heavy atom. The monoisotopic (exact) mass is 314 g/mol. The molecule has 0 bridgehead atoms. The number of hydrogen-bond donors (Lipinski definition) is 2. The van der Waals surface area contributed by atoms with Gasteiger partial charge in [0, 0.05) is 12.1 Å². The Bertz CT molecular complexity index is 816. The van der Waals surface area contributed by atoms with Gasteiger partial charge in [-0.05, 0) is 22.1 Å². The molecule has 114 valence electrons. The predicted molar refractivity (Wildman–Crippen MR) is 90.9 cm³/mol. The Morgan fingerprint density at radius 3 is 2.45 bits per heavy atom. The molecule has 0 atom stereocenters. The Kier molecular flexibility index (Phi) is 3.67. The van der Waals surface area contributed by atoms with Crippen molar-refractivity contribution in [2.75, 3.05) is 0 Å². The number of rotatable bonds is 2. The Morgan fingerprint density at radius 2 is 1.86 bits per heavy atom. The van der Waals surface area contributed by atoms with Crippen molar-refractivity contribution in [1.82, 2.24) is 15.4 Å². The van der Waals surface area contributed by atoms with E-state index in [4.69, 9.17) is 17.3 Å². The van der Waals surface area contributed by atoms with Crippen LogP contribution >= 0.6 is 11.6 Å². The summed E-state index contributed by atoms with van der Waals surface area (Å²) in [5.41, 5.74) is 11.5. The fraction of sp³-hybridized carbons (Fsp3) is 0.294. The maximum absolute atomic E-state index is 6.73. The molecule has 0 saturated heterocycles. The largest absolute Gasteiger partial charge is 0.326 e. The fourth-order valence-corrected chi connectivity index (χ4v) is 3.35. The van der Waals surface area contributed by atoms with Crippen LogP contribution in [0.25, 0.3) is 22.2 Å². The summed E-state index contributed by atoms with van der Waals surface area (Å²) in [5.74, 6) is 0. The molecule has 1 aromatic heterocycles. The van der Waals surface area contributed by atoms with Crippen molar-refractivity contribution in [2.45, 2.75) is 32.7 Å². The maximum Gasteiger partial charge on any atom is 0.122 e. The molecule has 0 spiro atoms. The minimum atomic E-state index is -0.111. The van der Waals surface area contributed by atoms with E-state index in [2.05, 4.69) is 36.2 Å². The van der Waals surface area contributed by atoms with Crippen LogP contribution in [0.15, 0.2) is 30.3 Å². The van der Waals surface area contributed by atoms with Crippen LogP contribution in [0.4, 0.5) is 0 Å². The number of nitrogens with zero attached hydrogens (tertiary/aromatic N) is 2. The maximum atomic E-state index is 6.73. The molecular weight excluding hydrogens is 296 g/mol. The minimum absolute atomic E-state index is 0.111. The number of nitrogens with two attached hydrogens (primary N) is 1. The SMILES string of the molecule is CC(C)(C)c1c(CN)c(Cl)c(-c2ccccc2)c2nn[nH]c12. The van der Waals surface area contributed by atoms with Crippen molar-refractivity contribution >= 4 is 22.6 Å². The molecule has 0 aliphatic carbocycles. The molecule has 22 heavy (non-hydrogen) atoms. The Labute approximate surface area is 134 Å². The van der Waals surface area contributed by atoms with E-state index in [-0.39, 0.29) is 5.41 Å². The van der Waals surface area contributed by atoms with Gasteiger partial charge in [-0.2, -0.15) is 0 Å². The summed E-state index contributed by atoms with van der Waals surface area (Å²) in [6.07, 6.45) is 0. The van der Waals surface area contributed by atoms with Crippen LogP contribution < -0.4 is 5.73 Å². The topological polar surface area (TPSA) is 67.6 Å². The second-order valence-corrected chi connectivity index (χ2v) is 6.78. The zero-order chi connectivity index (χ0) is 15.9. The highest BCUT2D eigenvalue weighted by atomic mass is 35.5. The first kappa shape index (κ1) is 15.0. The van der Waals surface area contributed by atoms with Gasteiger partial charge in [-0.3, -0.25) is 5.10 Å². The number of halogens is 1. The third-order valence-electron chi connectivity index (χ3n) is 3.84. The highest BCUT2D eigenvalue weighted by Crippen LogP contribution is 2.42. The van der Waals surface area contributed by atoms with Gasteiger partial charge in [0.1, 0.15) is 5.52 Å². The van der Waals surface area contributed by atoms with Crippen LogP contribution in [0, 0.1) is 0 Å². The molecular formula is C17H19ClN4. The number of H-pyrrole nitrogens is 1. The first-order valence-corrected chi connectivity index (χ1v) is 7.64. The van der Waals surface area contributed by atoms with E-state index < -0.39 is 0 Å². The van der Waals surface area contributed by atoms with Crippen molar-refractivity contribution in [3.8, 4) is 11.1 Å². The van der Waals surface area contributed by atoms with E-state index in [1.165, 1.54) is 0 Å². The van der Waals surface area contributed by atoms with E-state index >= 15 is 0 Å². The zero-order valence-corrected chi connectivity index (χ0v) is 13.7. The van der Waals surface area contributed by atoms with Gasteiger partial charge >= 0.3 is 0 Å². The lowest BCUT2D eigenvalue weighted by Crippen LogP contribution is -2.18. The molecule has 0 unspecified atom stereocenters. The molecule has 3 rings (SSSR count). The number of nitrogens with one attached hydrogen (secondary N) is 1. The Balaban J connectivity index is 2.47. The van der Waals surface area contributed by atoms with Crippen LogP contribution in [-0.2, 0) is 12.0 Å². The third-order valence-corrected chi connectivity index (χ3v) is 4.26. The molecule has 1 heterocycles. The summed E-state index contributed by atoms with van der Waals surface area (Å²) < 4.78 is 0. The summed E-state index contributed by atoms with van der Waals surface area (Å²) in [5, 5.41) is 12.0. The van der Waals surface area contributed by atoms with Gasteiger partial charge < -0.3 is 5.73 Å². The van der Waals surface area contributed by atoms with Crippen molar-refractivity contribution in [3.63, 3.8) is 0 Å². The quantitative estimate of drug-likeness (QED) is 0.750. The highest BCUT2D eigenvalue weighted by Gasteiger charge is 2.27. The summed E-state index contributed by atoms with van der Waals surface area (Å²) in [6.45, 7) is 6.79. The van der Waals surface area contributed by atoms with Crippen molar-refractivity contribution < 1.29 is 0 Å². The van der Waals surface area contributed by atoms with E-state index in [1.54, 1.807) is 0 Å². The van der Waals surface area contributed by atoms with Crippen LogP contribution in [0.2, 0.25) is 5.02 Å². The average Bonchev–Trinajstić information content (AvgIpc) is 2.94. The van der Waals surface area contributed by atoms with Gasteiger partial charge in [-0.15, -0.1) is 5.10 Å². The summed E-state index contributed by atoms with van der Waals surface area (Å²) >= 11 is 6.73. The van der Waals surface area contributed by atoms with E-state index in [1.807, 2.05) is 30.3 Å². The van der Waals surface area contributed by atoms with Gasteiger partial charge in [0.25, 0.3) is 0 Å². The molecule has 0 amide bonds. The van der Waals surface area contributed by atoms with Crippen molar-refractivity contribution in [2.24, 2.45) is 5.73 Å². The molecule has 0 radical (unpaired) electrons. The molecule has 0 aliphatic rings. The average molecular weight is 315 g/mol. The van der Waals surface area contributed by atoms with E-state index in [0.29, 0.717) is 11.6 Å². The summed E-state index contributed by atoms with van der Waals surface area (Å²) in [6, 6.07) is 9.98. The van der Waals surface area contributed by atoms with Crippen molar-refractivity contribution in [3.05, 3.63) is 46.5 Å². The molecule has 0 fully saturated rings. The molecule has 2 aromatic carbocycles. The van der Waals surface area contributed by atoms with Gasteiger partial charge in [0.2, 0.25) is 0 Å². The lowest BCUT2D eigenvalue weighted by Gasteiger charge is -2.25. The lowest BCUT2D eigenvalue weighted by atomic mass is 9.81. The van der Waals surface area contributed by atoms with Gasteiger partial charge in [-0.1, -0.05) is 67.9 Å². The number of aromatic nitrogens is 3. The molecule has 3 aromatic rings. The minimum Gasteiger partial charge on any atom is -0.326 e. The van der Waals surface area contributed by atoms with Gasteiger partial charge in [0.05, 0.1) is 10.5 Å². The molecule has 5 heteroatoms. The highest BCUT2D eigenvalue weighted by molar-refractivity contribution is 6.36. The van der Waals surface area contributed by atoms with Crippen LogP contribution in [0.3, 0.4) is 0 Å². The normalized spacial score (nSPS) is 12.0. The van der Waals surface area contributed by atoms with Crippen molar-refractivity contribution in [1.29, 1.82) is 0 Å². The number of benzene rings is 2. The van der Waals surface area contributed by atoms with E-state index in [0.717, 1.165) is 33.3 Å². The zero-order valence-electron chi connectivity index (χ0n) is 12.9. The van der Waals surface area contributed by atoms with Crippen LogP contribution in [0.1, 0.15) is 31.9 Å². The molecule has 0 saturated carbocycles. The number of aromatic amines is 1. The smallest absolute Gasteiger partial charge is 0.122 e. The first-order valence-electron chi connectivity index (χ1n) is 7.26. The number of fused-ring (bicyclic) bond motifs is 1. The van der Waals surface area contributed by atoms with Crippen LogP contribution in [0.5, 0.6) is 0 Å². The second-order valence-electron chi connectivity index (χ2n) is 6.40. The summed E-state index contributed by atoms with van der Waals surface area (Å²) in [4.78, 5) is 0. The number of hydrogen-bond acceptors (Lipinski definition) is 3. The molecule has 3 N–H and O–H groups in total. The summed E-state index contributed by atoms with van der Waals surface area (Å²) in [7, 11) is 0. The first-order chi connectivity index (χ1) is 10.4. The van der Waals surface area contributed by atoms with E-state index in [9.17, 15) is 0 Å². The predicted octanol–water partition coefficient (Wildman–Crippen LogP) is 4.03. The lowest BCUT2D eigenvalue weighted by molar-refractivity contribution is 0.587. The van der Waals surface area contributed by atoms with Gasteiger partial charge in [0.15, 0.2) is 0 Å². The van der Waals surface area contributed by atoms with Gasteiger partial charge in [-0.25, -0.2) is 0 Å². The third kappa shape index (κ3) is 2.28. The fourth-order valence-electron chi connectivity index (χ4n) is 2.98. The molecule has 0 aliphatic heterocycles. The standard InChI is InChI=1S/C17H19ClN4/c1-17(2,3)13-11(9-19)14(18)12(10-7-5-4-6-8-10)15-16(13)21-22-20-15/h4-8H,9,19H2,1-3H3,(H,20,21,22). The second kappa shape index (κ2) is 5.38. The molecule has 4 nitrogen and oxygen atoms in total.